The molecule has 2 heterocycles. The molecule has 0 saturated carbocycles. The minimum atomic E-state index is 0.440. The van der Waals surface area contributed by atoms with Crippen molar-refractivity contribution >= 4 is 11.0 Å². The number of nitrogens with zero attached hydrogens (tertiary/aromatic N) is 2. The number of piperidine rings is 1. The average molecular weight is 285 g/mol. The zero-order chi connectivity index (χ0) is 14.8. The molecule has 0 amide bonds. The molecule has 3 heteroatoms. The molecule has 1 aliphatic rings. The number of H-pyrrole nitrogens is 1. The molecule has 3 rings (SSSR count). The first-order valence-corrected chi connectivity index (χ1v) is 8.43. The third-order valence-electron chi connectivity index (χ3n) is 4.93. The summed E-state index contributed by atoms with van der Waals surface area (Å²) in [4.78, 5) is 11.0. The maximum Gasteiger partial charge on any atom is 0.124 e. The molecule has 1 saturated heterocycles. The second-order valence-corrected chi connectivity index (χ2v) is 6.47. The van der Waals surface area contributed by atoms with Crippen molar-refractivity contribution in [2.75, 3.05) is 13.1 Å². The van der Waals surface area contributed by atoms with Crippen molar-refractivity contribution < 1.29 is 0 Å². The topological polar surface area (TPSA) is 31.9 Å². The third-order valence-corrected chi connectivity index (χ3v) is 4.93. The van der Waals surface area contributed by atoms with Gasteiger partial charge in [0, 0.05) is 0 Å². The summed E-state index contributed by atoms with van der Waals surface area (Å²) in [6, 6.07) is 7.03. The van der Waals surface area contributed by atoms with E-state index in [1.165, 1.54) is 37.0 Å². The zero-order valence-electron chi connectivity index (χ0n) is 13.5. The maximum absolute atomic E-state index is 4.86. The van der Waals surface area contributed by atoms with Crippen molar-refractivity contribution in [2.24, 2.45) is 5.92 Å². The number of rotatable bonds is 4. The number of hydrogen-bond donors (Lipinski definition) is 1. The summed E-state index contributed by atoms with van der Waals surface area (Å²) in [5.74, 6) is 2.02. The van der Waals surface area contributed by atoms with Gasteiger partial charge in [0.1, 0.15) is 5.82 Å². The van der Waals surface area contributed by atoms with Crippen LogP contribution in [0.5, 0.6) is 0 Å². The second-order valence-electron chi connectivity index (χ2n) is 6.47. The zero-order valence-corrected chi connectivity index (χ0v) is 13.5. The first kappa shape index (κ1) is 14.6. The van der Waals surface area contributed by atoms with E-state index < -0.39 is 0 Å². The molecule has 1 unspecified atom stereocenters. The minimum absolute atomic E-state index is 0.440. The Hall–Kier alpha value is -1.35. The number of hydrogen-bond acceptors (Lipinski definition) is 2. The summed E-state index contributed by atoms with van der Waals surface area (Å²) >= 11 is 0. The van der Waals surface area contributed by atoms with E-state index in [9.17, 15) is 0 Å². The van der Waals surface area contributed by atoms with Crippen molar-refractivity contribution in [1.29, 1.82) is 0 Å². The Morgan fingerprint density at radius 2 is 2.05 bits per heavy atom. The molecule has 1 fully saturated rings. The molecule has 0 radical (unpaired) electrons. The molecule has 0 bridgehead atoms. The van der Waals surface area contributed by atoms with Gasteiger partial charge in [-0.15, -0.1) is 0 Å². The molecule has 0 aliphatic carbocycles. The number of benzene rings is 1. The lowest BCUT2D eigenvalue weighted by Crippen LogP contribution is -2.36. The van der Waals surface area contributed by atoms with E-state index in [2.05, 4.69) is 48.9 Å². The van der Waals surface area contributed by atoms with E-state index in [0.29, 0.717) is 6.04 Å². The van der Waals surface area contributed by atoms with Gasteiger partial charge < -0.3 is 4.98 Å². The van der Waals surface area contributed by atoms with Gasteiger partial charge in [0.05, 0.1) is 17.1 Å². The van der Waals surface area contributed by atoms with Gasteiger partial charge in [0.25, 0.3) is 0 Å². The van der Waals surface area contributed by atoms with E-state index in [-0.39, 0.29) is 0 Å². The number of aromatic amines is 1. The van der Waals surface area contributed by atoms with Gasteiger partial charge >= 0.3 is 0 Å². The van der Waals surface area contributed by atoms with Crippen molar-refractivity contribution in [2.45, 2.75) is 52.5 Å². The van der Waals surface area contributed by atoms with Gasteiger partial charge in [-0.3, -0.25) is 4.90 Å². The lowest BCUT2D eigenvalue weighted by atomic mass is 9.97. The van der Waals surface area contributed by atoms with Gasteiger partial charge in [0.15, 0.2) is 0 Å². The van der Waals surface area contributed by atoms with Crippen LogP contribution in [-0.2, 0) is 6.42 Å². The highest BCUT2D eigenvalue weighted by molar-refractivity contribution is 5.76. The molecule has 2 aromatic rings. The van der Waals surface area contributed by atoms with Gasteiger partial charge in [-0.05, 0) is 62.4 Å². The van der Waals surface area contributed by atoms with E-state index >= 15 is 0 Å². The number of nitrogens with one attached hydrogen (secondary N) is 1. The lowest BCUT2D eigenvalue weighted by molar-refractivity contribution is 0.130. The van der Waals surface area contributed by atoms with Gasteiger partial charge in [-0.25, -0.2) is 4.98 Å². The third kappa shape index (κ3) is 2.98. The van der Waals surface area contributed by atoms with Gasteiger partial charge in [-0.2, -0.15) is 0 Å². The smallest absolute Gasteiger partial charge is 0.124 e. The molecule has 21 heavy (non-hydrogen) atoms. The van der Waals surface area contributed by atoms with Crippen LogP contribution in [0.25, 0.3) is 11.0 Å². The Balaban J connectivity index is 1.86. The number of imidazole rings is 1. The highest BCUT2D eigenvalue weighted by atomic mass is 15.2. The molecule has 1 aromatic carbocycles. The van der Waals surface area contributed by atoms with Crippen molar-refractivity contribution in [1.82, 2.24) is 14.9 Å². The Labute approximate surface area is 127 Å². The van der Waals surface area contributed by atoms with Crippen LogP contribution < -0.4 is 0 Å². The summed E-state index contributed by atoms with van der Waals surface area (Å²) < 4.78 is 0. The predicted molar refractivity (Wildman–Crippen MR) is 88.5 cm³/mol. The Bertz CT molecular complexity index is 594. The largest absolute Gasteiger partial charge is 0.341 e. The molecule has 1 atom stereocenters. The Morgan fingerprint density at radius 3 is 2.71 bits per heavy atom. The van der Waals surface area contributed by atoms with Crippen LogP contribution in [-0.4, -0.2) is 28.0 Å². The van der Waals surface area contributed by atoms with Gasteiger partial charge in [0.2, 0.25) is 0 Å². The van der Waals surface area contributed by atoms with Crippen LogP contribution in [0.4, 0.5) is 0 Å². The fourth-order valence-corrected chi connectivity index (χ4v) is 3.42. The standard InChI is InChI=1S/C18H27N3/c1-4-14-6-7-15-16(12-14)20-18(19-15)17(5-2)21-10-8-13(3)9-11-21/h6-7,12-13,17H,4-5,8-11H2,1-3H3,(H,19,20). The Kier molecular flexibility index (Phi) is 4.29. The Morgan fingerprint density at radius 1 is 1.29 bits per heavy atom. The van der Waals surface area contributed by atoms with E-state index in [0.717, 1.165) is 30.1 Å². The fourth-order valence-electron chi connectivity index (χ4n) is 3.42. The highest BCUT2D eigenvalue weighted by Crippen LogP contribution is 2.29. The molecular formula is C18H27N3. The van der Waals surface area contributed by atoms with Crippen LogP contribution in [0.15, 0.2) is 18.2 Å². The van der Waals surface area contributed by atoms with Crippen LogP contribution in [0, 0.1) is 5.92 Å². The monoisotopic (exact) mass is 285 g/mol. The number of aromatic nitrogens is 2. The summed E-state index contributed by atoms with van der Waals surface area (Å²) in [6.45, 7) is 9.25. The summed E-state index contributed by atoms with van der Waals surface area (Å²) in [5, 5.41) is 0. The summed E-state index contributed by atoms with van der Waals surface area (Å²) in [7, 11) is 0. The van der Waals surface area contributed by atoms with E-state index in [1.54, 1.807) is 0 Å². The van der Waals surface area contributed by atoms with Crippen molar-refractivity contribution in [3.8, 4) is 0 Å². The molecule has 1 N–H and O–H groups in total. The lowest BCUT2D eigenvalue weighted by Gasteiger charge is -2.35. The SMILES string of the molecule is CCc1ccc2nc(C(CC)N3CCC(C)CC3)[nH]c2c1. The maximum atomic E-state index is 4.86. The molecule has 0 spiro atoms. The normalized spacial score (nSPS) is 19.2. The minimum Gasteiger partial charge on any atom is -0.341 e. The van der Waals surface area contributed by atoms with Gasteiger partial charge in [-0.1, -0.05) is 26.8 Å². The number of fused-ring (bicyclic) bond motifs is 1. The predicted octanol–water partition coefficient (Wildman–Crippen LogP) is 4.31. The highest BCUT2D eigenvalue weighted by Gasteiger charge is 2.25. The van der Waals surface area contributed by atoms with Crippen LogP contribution >= 0.6 is 0 Å². The van der Waals surface area contributed by atoms with Crippen LogP contribution in [0.1, 0.15) is 57.5 Å². The number of likely N-dealkylation sites (tertiary alicyclic amines) is 1. The first-order valence-electron chi connectivity index (χ1n) is 8.43. The van der Waals surface area contributed by atoms with Crippen LogP contribution in [0.2, 0.25) is 0 Å². The summed E-state index contributed by atoms with van der Waals surface area (Å²) in [5.41, 5.74) is 3.66. The van der Waals surface area contributed by atoms with Crippen molar-refractivity contribution in [3.63, 3.8) is 0 Å². The number of aryl methyl sites for hydroxylation is 1. The fraction of sp³-hybridized carbons (Fsp3) is 0.611. The molecule has 3 nitrogen and oxygen atoms in total. The summed E-state index contributed by atoms with van der Waals surface area (Å²) in [6.07, 6.45) is 4.83. The first-order chi connectivity index (χ1) is 10.2. The van der Waals surface area contributed by atoms with E-state index in [1.807, 2.05) is 0 Å². The quantitative estimate of drug-likeness (QED) is 0.908. The molecule has 114 valence electrons. The van der Waals surface area contributed by atoms with Crippen LogP contribution in [0.3, 0.4) is 0 Å². The molecule has 1 aliphatic heterocycles. The second kappa shape index (κ2) is 6.18. The van der Waals surface area contributed by atoms with Crippen molar-refractivity contribution in [3.05, 3.63) is 29.6 Å². The average Bonchev–Trinajstić information content (AvgIpc) is 2.92. The molecule has 1 aromatic heterocycles. The molecular weight excluding hydrogens is 258 g/mol. The van der Waals surface area contributed by atoms with E-state index in [4.69, 9.17) is 4.98 Å².